The van der Waals surface area contributed by atoms with Crippen molar-refractivity contribution in [1.29, 1.82) is 0 Å². The molecular weight excluding hydrogens is 491 g/mol. The molecule has 4 aromatic rings. The van der Waals surface area contributed by atoms with Gasteiger partial charge in [-0.15, -0.1) is 22.7 Å². The van der Waals surface area contributed by atoms with E-state index in [1.807, 2.05) is 0 Å². The van der Waals surface area contributed by atoms with Gasteiger partial charge in [0.05, 0.1) is 24.0 Å². The largest absolute Gasteiger partial charge is 0.464 e. The van der Waals surface area contributed by atoms with E-state index in [0.29, 0.717) is 29.8 Å². The summed E-state index contributed by atoms with van der Waals surface area (Å²) in [6.07, 6.45) is 0. The van der Waals surface area contributed by atoms with Gasteiger partial charge in [-0.25, -0.2) is 19.6 Å². The Bertz CT molecular complexity index is 1200. The van der Waals surface area contributed by atoms with Gasteiger partial charge >= 0.3 is 11.9 Å². The molecule has 0 unspecified atom stereocenters. The molecule has 0 atom stereocenters. The van der Waals surface area contributed by atoms with Crippen LogP contribution in [0.3, 0.4) is 0 Å². The van der Waals surface area contributed by atoms with E-state index in [1.54, 1.807) is 48.5 Å². The summed E-state index contributed by atoms with van der Waals surface area (Å²) >= 11 is 14.5. The molecule has 6 nitrogen and oxygen atoms in total. The van der Waals surface area contributed by atoms with Crippen LogP contribution in [0.15, 0.2) is 48.5 Å². The molecule has 0 saturated heterocycles. The van der Waals surface area contributed by atoms with E-state index < -0.39 is 11.9 Å². The molecule has 2 heterocycles. The highest BCUT2D eigenvalue weighted by molar-refractivity contribution is 7.25. The molecule has 2 aromatic heterocycles. The molecule has 0 aliphatic heterocycles. The second-order valence-corrected chi connectivity index (χ2v) is 9.26. The van der Waals surface area contributed by atoms with Gasteiger partial charge in [-0.3, -0.25) is 0 Å². The first kappa shape index (κ1) is 22.4. The maximum Gasteiger partial charge on any atom is 0.358 e. The maximum absolute atomic E-state index is 12.5. The Labute approximate surface area is 201 Å². The Morgan fingerprint density at radius 2 is 1.03 bits per heavy atom. The molecule has 0 fully saturated rings. The van der Waals surface area contributed by atoms with Crippen LogP contribution in [-0.2, 0) is 9.47 Å². The zero-order valence-corrected chi connectivity index (χ0v) is 19.9. The van der Waals surface area contributed by atoms with E-state index in [2.05, 4.69) is 9.97 Å². The third-order valence-corrected chi connectivity index (χ3v) is 7.28. The van der Waals surface area contributed by atoms with Gasteiger partial charge in [0.15, 0.2) is 11.4 Å². The van der Waals surface area contributed by atoms with E-state index in [1.165, 1.54) is 36.9 Å². The summed E-state index contributed by atoms with van der Waals surface area (Å²) in [6.45, 7) is 0. The standard InChI is InChI=1S/C22H14Cl2N2O4S2/c1-29-21(27)15-17(31-19(25-15)11-3-7-13(23)8-4-11)18-16(22(28)30-2)26-20(32-18)12-5-9-14(24)10-6-12/h3-10H,1-2H3. The number of benzene rings is 2. The number of thiazole rings is 2. The molecular formula is C22H14Cl2N2O4S2. The summed E-state index contributed by atoms with van der Waals surface area (Å²) in [4.78, 5) is 35.0. The predicted molar refractivity (Wildman–Crippen MR) is 127 cm³/mol. The number of ether oxygens (including phenoxy) is 2. The van der Waals surface area contributed by atoms with Crippen molar-refractivity contribution in [3.63, 3.8) is 0 Å². The highest BCUT2D eigenvalue weighted by atomic mass is 35.5. The number of nitrogens with zero attached hydrogens (tertiary/aromatic N) is 2. The Balaban J connectivity index is 1.90. The van der Waals surface area contributed by atoms with Crippen LogP contribution in [0.4, 0.5) is 0 Å². The first-order valence-corrected chi connectivity index (χ1v) is 11.5. The van der Waals surface area contributed by atoms with Crippen molar-refractivity contribution >= 4 is 57.8 Å². The van der Waals surface area contributed by atoms with Gasteiger partial charge in [0.25, 0.3) is 0 Å². The lowest BCUT2D eigenvalue weighted by Crippen LogP contribution is -2.06. The molecule has 0 radical (unpaired) electrons. The van der Waals surface area contributed by atoms with Gasteiger partial charge in [0.2, 0.25) is 0 Å². The SMILES string of the molecule is COC(=O)c1nc(-c2ccc(Cl)cc2)sc1-c1sc(-c2ccc(Cl)cc2)nc1C(=O)OC. The van der Waals surface area contributed by atoms with Crippen LogP contribution in [0.1, 0.15) is 21.0 Å². The molecule has 4 rings (SSSR count). The molecule has 32 heavy (non-hydrogen) atoms. The fourth-order valence-corrected chi connectivity index (χ4v) is 5.35. The number of rotatable bonds is 5. The highest BCUT2D eigenvalue weighted by Crippen LogP contribution is 2.43. The number of hydrogen-bond donors (Lipinski definition) is 0. The van der Waals surface area contributed by atoms with Crippen molar-refractivity contribution < 1.29 is 19.1 Å². The fraction of sp³-hybridized carbons (Fsp3) is 0.0909. The molecule has 2 aromatic carbocycles. The monoisotopic (exact) mass is 504 g/mol. The minimum atomic E-state index is -0.617. The molecule has 10 heteroatoms. The lowest BCUT2D eigenvalue weighted by molar-refractivity contribution is 0.0584. The topological polar surface area (TPSA) is 78.4 Å². The number of aromatic nitrogens is 2. The third kappa shape index (κ3) is 4.40. The zero-order valence-electron chi connectivity index (χ0n) is 16.7. The summed E-state index contributed by atoms with van der Waals surface area (Å²) in [5, 5.41) is 2.33. The maximum atomic E-state index is 12.5. The smallest absolute Gasteiger partial charge is 0.358 e. The minimum Gasteiger partial charge on any atom is -0.464 e. The molecule has 0 aliphatic carbocycles. The van der Waals surface area contributed by atoms with Crippen LogP contribution >= 0.6 is 45.9 Å². The van der Waals surface area contributed by atoms with Crippen LogP contribution in [0.2, 0.25) is 10.0 Å². The van der Waals surface area contributed by atoms with E-state index in [-0.39, 0.29) is 11.4 Å². The molecule has 0 saturated carbocycles. The lowest BCUT2D eigenvalue weighted by atomic mass is 10.2. The van der Waals surface area contributed by atoms with Crippen molar-refractivity contribution in [3.8, 4) is 30.9 Å². The summed E-state index contributed by atoms with van der Waals surface area (Å²) in [5.41, 5.74) is 1.74. The van der Waals surface area contributed by atoms with Gasteiger partial charge in [-0.1, -0.05) is 47.5 Å². The number of carbonyl (C=O) groups is 2. The number of methoxy groups -OCH3 is 2. The van der Waals surface area contributed by atoms with Gasteiger partial charge < -0.3 is 9.47 Å². The van der Waals surface area contributed by atoms with Crippen molar-refractivity contribution in [2.75, 3.05) is 14.2 Å². The Morgan fingerprint density at radius 3 is 1.34 bits per heavy atom. The lowest BCUT2D eigenvalue weighted by Gasteiger charge is -2.00. The van der Waals surface area contributed by atoms with Gasteiger partial charge in [-0.05, 0) is 24.3 Å². The van der Waals surface area contributed by atoms with E-state index in [0.717, 1.165) is 11.1 Å². The Hall–Kier alpha value is -2.78. The van der Waals surface area contributed by atoms with Gasteiger partial charge in [0, 0.05) is 21.2 Å². The second kappa shape index (κ2) is 9.38. The molecule has 0 aliphatic rings. The van der Waals surface area contributed by atoms with Crippen molar-refractivity contribution in [2.24, 2.45) is 0 Å². The summed E-state index contributed by atoms with van der Waals surface area (Å²) in [5.74, 6) is -1.23. The van der Waals surface area contributed by atoms with E-state index >= 15 is 0 Å². The Morgan fingerprint density at radius 1 is 0.688 bits per heavy atom. The normalized spacial score (nSPS) is 10.8. The second-order valence-electron chi connectivity index (χ2n) is 6.39. The summed E-state index contributed by atoms with van der Waals surface area (Å²) in [7, 11) is 2.56. The number of carbonyl (C=O) groups excluding carboxylic acids is 2. The third-order valence-electron chi connectivity index (χ3n) is 4.40. The van der Waals surface area contributed by atoms with Crippen molar-refractivity contribution in [1.82, 2.24) is 9.97 Å². The molecule has 162 valence electrons. The minimum absolute atomic E-state index is 0.0962. The molecule has 0 bridgehead atoms. The summed E-state index contributed by atoms with van der Waals surface area (Å²) in [6, 6.07) is 14.2. The van der Waals surface area contributed by atoms with Crippen LogP contribution in [0.25, 0.3) is 30.9 Å². The average molecular weight is 505 g/mol. The number of esters is 2. The van der Waals surface area contributed by atoms with Crippen LogP contribution in [0, 0.1) is 0 Å². The van der Waals surface area contributed by atoms with Crippen LogP contribution in [0.5, 0.6) is 0 Å². The van der Waals surface area contributed by atoms with Crippen LogP contribution in [-0.4, -0.2) is 36.1 Å². The average Bonchev–Trinajstić information content (AvgIpc) is 3.44. The van der Waals surface area contributed by atoms with Crippen LogP contribution < -0.4 is 0 Å². The van der Waals surface area contributed by atoms with Crippen molar-refractivity contribution in [2.45, 2.75) is 0 Å². The summed E-state index contributed by atoms with van der Waals surface area (Å²) < 4.78 is 9.87. The first-order chi connectivity index (χ1) is 15.4. The zero-order chi connectivity index (χ0) is 22.8. The predicted octanol–water partition coefficient (Wildman–Crippen LogP) is 6.48. The molecule has 0 amide bonds. The molecule has 0 spiro atoms. The van der Waals surface area contributed by atoms with Gasteiger partial charge in [0.1, 0.15) is 10.0 Å². The highest BCUT2D eigenvalue weighted by Gasteiger charge is 2.28. The molecule has 0 N–H and O–H groups in total. The van der Waals surface area contributed by atoms with Crippen molar-refractivity contribution in [3.05, 3.63) is 70.0 Å². The quantitative estimate of drug-likeness (QED) is 0.289. The first-order valence-electron chi connectivity index (χ1n) is 9.11. The van der Waals surface area contributed by atoms with E-state index in [9.17, 15) is 9.59 Å². The number of halogens is 2. The van der Waals surface area contributed by atoms with E-state index in [4.69, 9.17) is 32.7 Å². The fourth-order valence-electron chi connectivity index (χ4n) is 2.85. The van der Waals surface area contributed by atoms with Gasteiger partial charge in [-0.2, -0.15) is 0 Å². The Kier molecular flexibility index (Phi) is 6.57. The number of hydrogen-bond acceptors (Lipinski definition) is 8.